The predicted molar refractivity (Wildman–Crippen MR) is 81.0 cm³/mol. The van der Waals surface area contributed by atoms with Crippen molar-refractivity contribution in [3.05, 3.63) is 11.9 Å². The topological polar surface area (TPSA) is 104 Å². The Bertz CT molecular complexity index is 392. The van der Waals surface area contributed by atoms with E-state index >= 15 is 0 Å². The van der Waals surface area contributed by atoms with Crippen LogP contribution in [-0.4, -0.2) is 50.6 Å². The van der Waals surface area contributed by atoms with E-state index in [9.17, 15) is 0 Å². The highest BCUT2D eigenvalue weighted by atomic mass is 16.5. The van der Waals surface area contributed by atoms with Crippen molar-refractivity contribution in [2.45, 2.75) is 19.4 Å². The van der Waals surface area contributed by atoms with Gasteiger partial charge < -0.3 is 25.0 Å². The minimum absolute atomic E-state index is 0.345. The second kappa shape index (κ2) is 11.2. The first-order valence-corrected chi connectivity index (χ1v) is 6.94. The lowest BCUT2D eigenvalue weighted by Crippen LogP contribution is -2.13. The molecule has 0 aliphatic carbocycles. The van der Waals surface area contributed by atoms with Gasteiger partial charge in [-0.2, -0.15) is 0 Å². The smallest absolute Gasteiger partial charge is 0.158 e. The Balaban J connectivity index is 2.26. The fourth-order valence-electron chi connectivity index (χ4n) is 1.65. The van der Waals surface area contributed by atoms with Gasteiger partial charge in [0.2, 0.25) is 0 Å². The molecule has 21 heavy (non-hydrogen) atoms. The zero-order chi connectivity index (χ0) is 15.3. The molecule has 1 aromatic heterocycles. The van der Waals surface area contributed by atoms with E-state index in [-0.39, 0.29) is 0 Å². The maximum atomic E-state index is 5.39. The Morgan fingerprint density at radius 3 is 2.57 bits per heavy atom. The van der Waals surface area contributed by atoms with Crippen LogP contribution in [0.4, 0.5) is 11.6 Å². The van der Waals surface area contributed by atoms with Crippen LogP contribution in [0.25, 0.3) is 0 Å². The molecular weight excluding hydrogens is 274 g/mol. The maximum Gasteiger partial charge on any atom is 0.158 e. The third-order valence-electron chi connectivity index (χ3n) is 2.65. The number of hydrogen-bond donors (Lipinski definition) is 3. The second-order valence-corrected chi connectivity index (χ2v) is 4.37. The molecule has 1 rings (SSSR count). The molecule has 0 saturated heterocycles. The molecular formula is C13H25N5O3. The third kappa shape index (κ3) is 7.76. The molecule has 0 saturated carbocycles. The van der Waals surface area contributed by atoms with Gasteiger partial charge in [0.15, 0.2) is 5.82 Å². The van der Waals surface area contributed by atoms with E-state index in [2.05, 4.69) is 20.7 Å². The van der Waals surface area contributed by atoms with E-state index < -0.39 is 0 Å². The molecule has 8 nitrogen and oxygen atoms in total. The van der Waals surface area contributed by atoms with E-state index in [1.807, 2.05) is 0 Å². The summed E-state index contributed by atoms with van der Waals surface area (Å²) < 4.78 is 15.3. The first kappa shape index (κ1) is 17.6. The Kier molecular flexibility index (Phi) is 9.38. The summed E-state index contributed by atoms with van der Waals surface area (Å²) in [7, 11) is 3.26. The van der Waals surface area contributed by atoms with Crippen LogP contribution in [0.1, 0.15) is 18.7 Å². The number of nitrogens with one attached hydrogen (secondary N) is 2. The van der Waals surface area contributed by atoms with Crippen molar-refractivity contribution in [3.63, 3.8) is 0 Å². The molecule has 1 heterocycles. The highest BCUT2D eigenvalue weighted by molar-refractivity contribution is 5.46. The Hall–Kier alpha value is -1.48. The van der Waals surface area contributed by atoms with Crippen LogP contribution in [0, 0.1) is 0 Å². The summed E-state index contributed by atoms with van der Waals surface area (Å²) in [6.45, 7) is 3.16. The quantitative estimate of drug-likeness (QED) is 0.295. The zero-order valence-electron chi connectivity index (χ0n) is 12.7. The monoisotopic (exact) mass is 299 g/mol. The summed E-state index contributed by atoms with van der Waals surface area (Å²) in [5, 5.41) is 3.24. The van der Waals surface area contributed by atoms with Crippen LogP contribution < -0.4 is 16.6 Å². The van der Waals surface area contributed by atoms with Crippen LogP contribution in [0.5, 0.6) is 0 Å². The molecule has 0 amide bonds. The lowest BCUT2D eigenvalue weighted by molar-refractivity contribution is 0.0691. The number of hydrazine groups is 1. The van der Waals surface area contributed by atoms with E-state index in [0.717, 1.165) is 31.8 Å². The van der Waals surface area contributed by atoms with Gasteiger partial charge in [-0.15, -0.1) is 0 Å². The lowest BCUT2D eigenvalue weighted by atomic mass is 10.3. The van der Waals surface area contributed by atoms with Gasteiger partial charge in [-0.3, -0.25) is 0 Å². The minimum Gasteiger partial charge on any atom is -0.382 e. The summed E-state index contributed by atoms with van der Waals surface area (Å²) in [4.78, 5) is 8.52. The van der Waals surface area contributed by atoms with Gasteiger partial charge in [0.05, 0.1) is 13.2 Å². The predicted octanol–water partition coefficient (Wildman–Crippen LogP) is 0.764. The number of hydrogen-bond acceptors (Lipinski definition) is 8. The molecule has 0 fully saturated rings. The molecule has 0 aliphatic rings. The van der Waals surface area contributed by atoms with Gasteiger partial charge in [0.25, 0.3) is 0 Å². The number of nitrogen functional groups attached to an aromatic ring is 1. The zero-order valence-corrected chi connectivity index (χ0v) is 12.7. The number of nitrogens with zero attached hydrogens (tertiary/aromatic N) is 2. The first-order valence-electron chi connectivity index (χ1n) is 6.94. The van der Waals surface area contributed by atoms with E-state index in [1.54, 1.807) is 20.3 Å². The van der Waals surface area contributed by atoms with Gasteiger partial charge in [-0.25, -0.2) is 15.8 Å². The Morgan fingerprint density at radius 2 is 1.86 bits per heavy atom. The molecule has 0 atom stereocenters. The van der Waals surface area contributed by atoms with Crippen molar-refractivity contribution in [2.24, 2.45) is 5.84 Å². The summed E-state index contributed by atoms with van der Waals surface area (Å²) in [5.41, 5.74) is 2.52. The number of aromatic nitrogens is 2. The lowest BCUT2D eigenvalue weighted by Gasteiger charge is -2.09. The van der Waals surface area contributed by atoms with E-state index in [4.69, 9.17) is 20.1 Å². The van der Waals surface area contributed by atoms with E-state index in [0.29, 0.717) is 31.5 Å². The SMILES string of the molecule is COCCOCCCCNc1cc(NN)nc(COC)n1. The standard InChI is InChI=1S/C13H25N5O3/c1-19-7-8-21-6-4-3-5-15-11-9-12(18-14)17-13(16-11)10-20-2/h9H,3-8,10,14H2,1-2H3,(H2,15,16,17,18). The summed E-state index contributed by atoms with van der Waals surface area (Å²) in [6, 6.07) is 1.76. The van der Waals surface area contributed by atoms with Crippen LogP contribution >= 0.6 is 0 Å². The average Bonchev–Trinajstić information content (AvgIpc) is 2.50. The number of unbranched alkanes of at least 4 members (excludes halogenated alkanes) is 1. The highest BCUT2D eigenvalue weighted by Gasteiger charge is 2.03. The van der Waals surface area contributed by atoms with Crippen molar-refractivity contribution in [3.8, 4) is 0 Å². The summed E-state index contributed by atoms with van der Waals surface area (Å²) in [5.74, 6) is 7.25. The molecule has 4 N–H and O–H groups in total. The van der Waals surface area contributed by atoms with Crippen LogP contribution in [0.2, 0.25) is 0 Å². The molecule has 120 valence electrons. The van der Waals surface area contributed by atoms with E-state index in [1.165, 1.54) is 0 Å². The second-order valence-electron chi connectivity index (χ2n) is 4.37. The average molecular weight is 299 g/mol. The van der Waals surface area contributed by atoms with Crippen LogP contribution in [-0.2, 0) is 20.8 Å². The van der Waals surface area contributed by atoms with Gasteiger partial charge in [0.1, 0.15) is 18.2 Å². The van der Waals surface area contributed by atoms with Crippen molar-refractivity contribution >= 4 is 11.6 Å². The maximum absolute atomic E-state index is 5.39. The highest BCUT2D eigenvalue weighted by Crippen LogP contribution is 2.11. The normalized spacial score (nSPS) is 10.6. The van der Waals surface area contributed by atoms with Crippen molar-refractivity contribution in [1.82, 2.24) is 9.97 Å². The third-order valence-corrected chi connectivity index (χ3v) is 2.65. The minimum atomic E-state index is 0.345. The molecule has 0 spiro atoms. The Morgan fingerprint density at radius 1 is 1.05 bits per heavy atom. The number of methoxy groups -OCH3 is 2. The fourth-order valence-corrected chi connectivity index (χ4v) is 1.65. The summed E-state index contributed by atoms with van der Waals surface area (Å²) in [6.07, 6.45) is 1.97. The van der Waals surface area contributed by atoms with Crippen molar-refractivity contribution in [1.29, 1.82) is 0 Å². The molecule has 0 radical (unpaired) electrons. The number of rotatable bonds is 12. The first-order chi connectivity index (χ1) is 10.3. The number of nitrogens with two attached hydrogens (primary N) is 1. The fraction of sp³-hybridized carbons (Fsp3) is 0.692. The van der Waals surface area contributed by atoms with Crippen LogP contribution in [0.3, 0.4) is 0 Å². The van der Waals surface area contributed by atoms with Crippen molar-refractivity contribution < 1.29 is 14.2 Å². The molecule has 1 aromatic rings. The van der Waals surface area contributed by atoms with Gasteiger partial charge in [0, 0.05) is 33.4 Å². The number of ether oxygens (including phenoxy) is 3. The van der Waals surface area contributed by atoms with Gasteiger partial charge in [-0.05, 0) is 12.8 Å². The summed E-state index contributed by atoms with van der Waals surface area (Å²) >= 11 is 0. The number of anilines is 2. The molecule has 0 unspecified atom stereocenters. The molecule has 0 aliphatic heterocycles. The largest absolute Gasteiger partial charge is 0.382 e. The molecule has 8 heteroatoms. The van der Waals surface area contributed by atoms with Gasteiger partial charge in [-0.1, -0.05) is 0 Å². The molecule has 0 bridgehead atoms. The van der Waals surface area contributed by atoms with Crippen LogP contribution in [0.15, 0.2) is 6.07 Å². The van der Waals surface area contributed by atoms with Gasteiger partial charge >= 0.3 is 0 Å². The molecule has 0 aromatic carbocycles. The Labute approximate surface area is 125 Å². The van der Waals surface area contributed by atoms with Crippen molar-refractivity contribution in [2.75, 3.05) is 51.3 Å².